The van der Waals surface area contributed by atoms with Gasteiger partial charge in [0.15, 0.2) is 11.5 Å². The van der Waals surface area contributed by atoms with Gasteiger partial charge < -0.3 is 23.9 Å². The van der Waals surface area contributed by atoms with Crippen molar-refractivity contribution in [2.45, 2.75) is 12.3 Å². The highest BCUT2D eigenvalue weighted by Gasteiger charge is 2.34. The second kappa shape index (κ2) is 6.92. The summed E-state index contributed by atoms with van der Waals surface area (Å²) < 4.78 is 21.7. The molecular weight excluding hydrogens is 362 g/mol. The number of esters is 1. The maximum atomic E-state index is 12.9. The molecule has 1 aliphatic heterocycles. The number of benzene rings is 2. The minimum Gasteiger partial charge on any atom is -0.493 e. The fraction of sp³-hybridized carbons (Fsp3) is 0.238. The third-order valence-electron chi connectivity index (χ3n) is 4.93. The number of pyridine rings is 1. The topological polar surface area (TPSA) is 86.9 Å². The number of hydrogen-bond acceptors (Lipinski definition) is 6. The molecule has 0 radical (unpaired) electrons. The first-order valence-electron chi connectivity index (χ1n) is 8.72. The van der Waals surface area contributed by atoms with Crippen molar-refractivity contribution in [3.63, 3.8) is 0 Å². The van der Waals surface area contributed by atoms with Gasteiger partial charge in [-0.2, -0.15) is 0 Å². The highest BCUT2D eigenvalue weighted by atomic mass is 16.5. The Labute approximate surface area is 160 Å². The number of rotatable bonds is 4. The van der Waals surface area contributed by atoms with Crippen LogP contribution in [0.2, 0.25) is 0 Å². The molecule has 2 heterocycles. The van der Waals surface area contributed by atoms with Gasteiger partial charge in [-0.3, -0.25) is 9.59 Å². The molecule has 0 aliphatic carbocycles. The Morgan fingerprint density at radius 2 is 1.68 bits per heavy atom. The van der Waals surface area contributed by atoms with Gasteiger partial charge in [0.1, 0.15) is 5.75 Å². The van der Waals surface area contributed by atoms with Gasteiger partial charge in [-0.1, -0.05) is 12.1 Å². The number of methoxy groups -OCH3 is 3. The van der Waals surface area contributed by atoms with Crippen LogP contribution in [0.4, 0.5) is 0 Å². The molecule has 0 saturated carbocycles. The molecule has 144 valence electrons. The molecule has 7 nitrogen and oxygen atoms in total. The largest absolute Gasteiger partial charge is 0.493 e. The van der Waals surface area contributed by atoms with E-state index in [1.807, 2.05) is 18.2 Å². The van der Waals surface area contributed by atoms with Crippen LogP contribution in [-0.4, -0.2) is 32.3 Å². The summed E-state index contributed by atoms with van der Waals surface area (Å²) in [5.74, 6) is 0.749. The van der Waals surface area contributed by atoms with E-state index in [2.05, 4.69) is 4.98 Å². The third kappa shape index (κ3) is 2.76. The number of aromatic nitrogens is 1. The van der Waals surface area contributed by atoms with Crippen molar-refractivity contribution in [2.24, 2.45) is 0 Å². The third-order valence-corrected chi connectivity index (χ3v) is 4.93. The molecule has 1 atom stereocenters. The zero-order chi connectivity index (χ0) is 19.8. The molecule has 0 amide bonds. The lowest BCUT2D eigenvalue weighted by molar-refractivity contribution is -0.135. The number of hydrogen-bond donors (Lipinski definition) is 1. The molecule has 1 aliphatic rings. The predicted octanol–water partition coefficient (Wildman–Crippen LogP) is 2.99. The van der Waals surface area contributed by atoms with E-state index in [-0.39, 0.29) is 12.0 Å². The quantitative estimate of drug-likeness (QED) is 0.699. The number of carbonyl (C=O) groups excluding carboxylic acids is 1. The van der Waals surface area contributed by atoms with Crippen LogP contribution in [0.3, 0.4) is 0 Å². The molecule has 0 saturated heterocycles. The monoisotopic (exact) mass is 381 g/mol. The summed E-state index contributed by atoms with van der Waals surface area (Å²) in [5, 5.41) is 0.683. The van der Waals surface area contributed by atoms with E-state index in [4.69, 9.17) is 18.9 Å². The van der Waals surface area contributed by atoms with Crippen LogP contribution in [-0.2, 0) is 4.79 Å². The van der Waals surface area contributed by atoms with E-state index in [1.54, 1.807) is 18.2 Å². The van der Waals surface area contributed by atoms with Gasteiger partial charge in [-0.05, 0) is 29.8 Å². The molecular formula is C21H19NO6. The number of carbonyl (C=O) groups is 1. The lowest BCUT2D eigenvalue weighted by Gasteiger charge is -2.26. The van der Waals surface area contributed by atoms with Crippen LogP contribution in [0.5, 0.6) is 23.0 Å². The van der Waals surface area contributed by atoms with Crippen molar-refractivity contribution >= 4 is 16.9 Å². The average Bonchev–Trinajstić information content (AvgIpc) is 2.71. The number of para-hydroxylation sites is 1. The van der Waals surface area contributed by atoms with E-state index < -0.39 is 11.9 Å². The first-order valence-corrected chi connectivity index (χ1v) is 8.72. The molecule has 0 bridgehead atoms. The Kier molecular flexibility index (Phi) is 4.43. The summed E-state index contributed by atoms with van der Waals surface area (Å²) in [6, 6.07) is 10.7. The smallest absolute Gasteiger partial charge is 0.312 e. The Morgan fingerprint density at radius 3 is 2.32 bits per heavy atom. The second-order valence-electron chi connectivity index (χ2n) is 6.43. The molecule has 28 heavy (non-hydrogen) atoms. The van der Waals surface area contributed by atoms with Gasteiger partial charge in [-0.15, -0.1) is 0 Å². The van der Waals surface area contributed by atoms with Crippen molar-refractivity contribution < 1.29 is 23.7 Å². The Morgan fingerprint density at radius 1 is 1.00 bits per heavy atom. The summed E-state index contributed by atoms with van der Waals surface area (Å²) in [6.45, 7) is 0. The van der Waals surface area contributed by atoms with Crippen LogP contribution in [0.25, 0.3) is 10.9 Å². The van der Waals surface area contributed by atoms with Gasteiger partial charge >= 0.3 is 5.97 Å². The minimum absolute atomic E-state index is 0.0348. The highest BCUT2D eigenvalue weighted by molar-refractivity contribution is 5.91. The van der Waals surface area contributed by atoms with Crippen LogP contribution < -0.4 is 24.5 Å². The lowest BCUT2D eigenvalue weighted by Crippen LogP contribution is -2.28. The summed E-state index contributed by atoms with van der Waals surface area (Å²) >= 11 is 0. The SMILES string of the molecule is COc1cc(C2CC(=O)Oc3c2c(=O)[nH]c2ccccc32)cc(OC)c1OC. The molecule has 7 heteroatoms. The Hall–Kier alpha value is -3.48. The fourth-order valence-corrected chi connectivity index (χ4v) is 3.67. The van der Waals surface area contributed by atoms with Gasteiger partial charge in [0.25, 0.3) is 5.56 Å². The maximum absolute atomic E-state index is 12.9. The van der Waals surface area contributed by atoms with Crippen LogP contribution >= 0.6 is 0 Å². The second-order valence-corrected chi connectivity index (χ2v) is 6.43. The van der Waals surface area contributed by atoms with Crippen molar-refractivity contribution in [3.05, 3.63) is 57.9 Å². The van der Waals surface area contributed by atoms with E-state index in [0.717, 1.165) is 0 Å². The average molecular weight is 381 g/mol. The molecule has 1 N–H and O–H groups in total. The fourth-order valence-electron chi connectivity index (χ4n) is 3.67. The predicted molar refractivity (Wildman–Crippen MR) is 103 cm³/mol. The molecule has 1 aromatic heterocycles. The zero-order valence-corrected chi connectivity index (χ0v) is 15.7. The van der Waals surface area contributed by atoms with Gasteiger partial charge in [0.2, 0.25) is 5.75 Å². The van der Waals surface area contributed by atoms with Gasteiger partial charge in [0.05, 0.1) is 38.8 Å². The molecule has 0 spiro atoms. The summed E-state index contributed by atoms with van der Waals surface area (Å²) in [7, 11) is 4.55. The normalized spacial score (nSPS) is 15.7. The molecule has 2 aromatic carbocycles. The van der Waals surface area contributed by atoms with Crippen molar-refractivity contribution in [2.75, 3.05) is 21.3 Å². The van der Waals surface area contributed by atoms with Gasteiger partial charge in [0, 0.05) is 11.3 Å². The summed E-state index contributed by atoms with van der Waals surface area (Å²) in [4.78, 5) is 28.1. The maximum Gasteiger partial charge on any atom is 0.312 e. The minimum atomic E-state index is -0.502. The molecule has 1 unspecified atom stereocenters. The standard InChI is InChI=1S/C21H19NO6/c1-25-15-8-11(9-16(26-2)20(15)27-3)13-10-17(23)28-19-12-6-4-5-7-14(12)22-21(24)18(13)19/h4-9,13H,10H2,1-3H3,(H,22,24). The molecule has 0 fully saturated rings. The van der Waals surface area contributed by atoms with Crippen molar-refractivity contribution in [1.29, 1.82) is 0 Å². The lowest BCUT2D eigenvalue weighted by atomic mass is 9.86. The number of H-pyrrole nitrogens is 1. The molecule has 3 aromatic rings. The first kappa shape index (κ1) is 17.9. The van der Waals surface area contributed by atoms with Crippen LogP contribution in [0.1, 0.15) is 23.5 Å². The molecule has 4 rings (SSSR count). The van der Waals surface area contributed by atoms with E-state index >= 15 is 0 Å². The summed E-state index contributed by atoms with van der Waals surface area (Å²) in [5.41, 5.74) is 1.44. The van der Waals surface area contributed by atoms with Crippen LogP contribution in [0, 0.1) is 0 Å². The summed E-state index contributed by atoms with van der Waals surface area (Å²) in [6.07, 6.45) is 0.0348. The number of fused-ring (bicyclic) bond motifs is 3. The van der Waals surface area contributed by atoms with Crippen LogP contribution in [0.15, 0.2) is 41.2 Å². The number of ether oxygens (including phenoxy) is 4. The van der Waals surface area contributed by atoms with Gasteiger partial charge in [-0.25, -0.2) is 0 Å². The zero-order valence-electron chi connectivity index (χ0n) is 15.7. The van der Waals surface area contributed by atoms with Crippen molar-refractivity contribution in [1.82, 2.24) is 4.98 Å². The Balaban J connectivity index is 1.98. The first-order chi connectivity index (χ1) is 13.6. The van der Waals surface area contributed by atoms with Crippen molar-refractivity contribution in [3.8, 4) is 23.0 Å². The van der Waals surface area contributed by atoms with E-state index in [9.17, 15) is 9.59 Å². The van der Waals surface area contributed by atoms with E-state index in [1.165, 1.54) is 21.3 Å². The number of nitrogens with one attached hydrogen (secondary N) is 1. The Bertz CT molecular complexity index is 1110. The number of aromatic amines is 1. The highest BCUT2D eigenvalue weighted by Crippen LogP contribution is 2.45. The van der Waals surface area contributed by atoms with E-state index in [0.29, 0.717) is 45.0 Å².